The van der Waals surface area contributed by atoms with Gasteiger partial charge in [-0.1, -0.05) is 71.2 Å². The van der Waals surface area contributed by atoms with Crippen LogP contribution in [0.1, 0.15) is 19.3 Å². The van der Waals surface area contributed by atoms with Crippen LogP contribution >= 0.6 is 70.1 Å². The minimum absolute atomic E-state index is 0.00721. The minimum atomic E-state index is -4.47. The third-order valence-electron chi connectivity index (χ3n) is 16.1. The van der Waals surface area contributed by atoms with Crippen molar-refractivity contribution in [2.75, 3.05) is 35.8 Å². The first-order chi connectivity index (χ1) is 48.9. The second-order valence-corrected chi connectivity index (χ2v) is 31.8. The molecule has 12 rings (SSSR count). The van der Waals surface area contributed by atoms with Gasteiger partial charge in [0.05, 0.1) is 80.0 Å². The number of benzene rings is 3. The molecule has 3 aliphatic rings. The fourth-order valence-corrected chi connectivity index (χ4v) is 15.0. The number of halogens is 12. The van der Waals surface area contributed by atoms with Gasteiger partial charge in [-0.05, 0) is 97.0 Å². The average molecular weight is 1660 g/mol. The Hall–Kier alpha value is -6.42. The molecule has 48 heteroatoms. The van der Waals surface area contributed by atoms with E-state index in [9.17, 15) is 95.4 Å². The van der Waals surface area contributed by atoms with E-state index in [1.807, 2.05) is 0 Å². The lowest BCUT2D eigenvalue weighted by Gasteiger charge is -2.20. The Morgan fingerprint density at radius 1 is 0.476 bits per heavy atom. The van der Waals surface area contributed by atoms with Crippen LogP contribution in [0.25, 0.3) is 50.7 Å². The number of thioether (sulfide) groups is 3. The summed E-state index contributed by atoms with van der Waals surface area (Å²) in [4.78, 5) is 12.5. The van der Waals surface area contributed by atoms with Gasteiger partial charge in [0, 0.05) is 67.5 Å². The van der Waals surface area contributed by atoms with E-state index in [2.05, 4.69) is 58.7 Å². The summed E-state index contributed by atoms with van der Waals surface area (Å²) >= 11 is 18.3. The Bertz CT molecular complexity index is 4990. The quantitative estimate of drug-likeness (QED) is 0.0249. The van der Waals surface area contributed by atoms with Crippen LogP contribution in [0, 0.1) is 17.8 Å². The molecule has 6 heterocycles. The number of aliphatic hydroxyl groups is 6. The average Bonchev–Trinajstić information content (AvgIpc) is 1.66. The van der Waals surface area contributed by atoms with Gasteiger partial charge in [0.1, 0.15) is 44.9 Å². The molecule has 3 saturated carbocycles. The summed E-state index contributed by atoms with van der Waals surface area (Å²) in [5.41, 5.74) is -10.4. The van der Waals surface area contributed by atoms with Gasteiger partial charge >= 0.3 is 47.4 Å². The Kier molecular flexibility index (Phi) is 25.0. The minimum Gasteiger partial charge on any atom is -0.390 e. The third kappa shape index (κ3) is 21.3. The monoisotopic (exact) mass is 1660 g/mol. The Morgan fingerprint density at radius 2 is 0.848 bits per heavy atom. The molecule has 15 N–H and O–H groups in total. The summed E-state index contributed by atoms with van der Waals surface area (Å²) in [6.07, 6.45) is -3.29. The number of aliphatic hydroxyl groups excluding tert-OH is 6. The van der Waals surface area contributed by atoms with Crippen molar-refractivity contribution in [1.29, 1.82) is 0 Å². The molecule has 12 atom stereocenters. The van der Waals surface area contributed by atoms with E-state index >= 15 is 0 Å². The van der Waals surface area contributed by atoms with Gasteiger partial charge in [0.15, 0.2) is 28.6 Å². The molecule has 9 aromatic rings. The molecule has 3 aromatic carbocycles. The van der Waals surface area contributed by atoms with Crippen LogP contribution in [0.3, 0.4) is 0 Å². The third-order valence-corrected chi connectivity index (χ3v) is 20.6. The van der Waals surface area contributed by atoms with E-state index in [-0.39, 0.29) is 114 Å². The predicted molar refractivity (Wildman–Crippen MR) is 366 cm³/mol. The van der Waals surface area contributed by atoms with Crippen LogP contribution in [0.15, 0.2) is 124 Å². The van der Waals surface area contributed by atoms with E-state index in [0.717, 1.165) is 0 Å². The van der Waals surface area contributed by atoms with Crippen molar-refractivity contribution in [3.8, 4) is 33.8 Å². The van der Waals surface area contributed by atoms with Crippen molar-refractivity contribution in [1.82, 2.24) is 43.8 Å². The maximum Gasteiger partial charge on any atom is 0.446 e. The summed E-state index contributed by atoms with van der Waals surface area (Å²) in [5.74, 6) is -1.43. The van der Waals surface area contributed by atoms with Crippen molar-refractivity contribution in [2.24, 2.45) is 33.2 Å². The van der Waals surface area contributed by atoms with Gasteiger partial charge in [-0.2, -0.15) is 93.6 Å². The van der Waals surface area contributed by atoms with E-state index < -0.39 is 133 Å². The zero-order valence-electron chi connectivity index (χ0n) is 52.7. The molecular weight excluding hydrogens is 1600 g/mol. The molecule has 0 bridgehead atoms. The molecule has 0 radical (unpaired) electrons. The largest absolute Gasteiger partial charge is 0.446 e. The van der Waals surface area contributed by atoms with Crippen molar-refractivity contribution in [2.45, 2.75) is 105 Å². The number of anilines is 3. The Balaban J connectivity index is 0.000000169. The molecule has 105 heavy (non-hydrogen) atoms. The van der Waals surface area contributed by atoms with Crippen LogP contribution in [0.4, 0.5) is 57.0 Å². The van der Waals surface area contributed by atoms with Crippen LogP contribution in [0.5, 0.6) is 0 Å². The number of fused-ring (bicyclic) bond motifs is 3. The van der Waals surface area contributed by atoms with Gasteiger partial charge in [-0.25, -0.2) is 30.4 Å². The number of nitrogens with one attached hydrogen (secondary N) is 3. The molecule has 30 nitrogen and oxygen atoms in total. The fourth-order valence-electron chi connectivity index (χ4n) is 11.5. The number of hydrogen-bond acceptors (Lipinski definition) is 27. The standard InChI is InChI=1S/C19H18Cl2F3N5O5S2.C19H19ClF3N5O5S2.C19H20F3N5O5S2/c20-11-6-26-18-13(21)14(8-2-1-3-10(4-8)35-19(22,23)24)28-29(18)17(11)27-12-5-9(15(30)16(12)31)7-34-36(25,32)33;20-12-7-25-15-6-13(9-2-1-3-11(4-9)34-19(21,22)23)27-28(15)18(12)26-14-5-10(16(29)17(14)30)8-33-35(24,31)32;20-19(21,22)33-12-3-1-2-10(6-12)13-8-16-24-5-4-15(27(16)26-13)25-14-7-11(17(28)18(14)29)9-32-34(23,30)31/h1-4,6,9,12,15-16,27,30-31H,5,7H2,(H2,25,32,33);1-4,6-7,10,14,16-17,26,29-30H,5,8H2,(H2,24,31,32);1-6,8,11,14,17-18,25,28-29H,7,9H2,(H2,23,30,31)/t9-,12-,15-,16+;10-,14-,16-,17+;11-,14-,17-,18+/m111/s1. The topological polar surface area (TPSA) is 456 Å². The number of aromatic nitrogens is 9. The highest BCUT2D eigenvalue weighted by atomic mass is 35.5. The molecule has 3 aliphatic carbocycles. The SMILES string of the molecule is NS(=O)(=O)OC[C@H]1C[C@@H](Nc2c(Cl)cnc3c(Cl)c(-c4cccc(SC(F)(F)F)c4)nn23)[C@H](O)[C@@H]1O.NS(=O)(=O)OC[C@H]1C[C@@H](Nc2c(Cl)cnc3cc(-c4cccc(SC(F)(F)F)c4)nn23)[C@H](O)[C@@H]1O.NS(=O)(=O)OC[C@H]1C[C@@H](Nc2ccnc3cc(-c4cccc(SC(F)(F)F)c4)nn23)[C@H](O)[C@@H]1O. The highest BCUT2D eigenvalue weighted by Crippen LogP contribution is 2.44. The maximum atomic E-state index is 12.8. The molecule has 6 aromatic heterocycles. The highest BCUT2D eigenvalue weighted by Gasteiger charge is 2.46. The van der Waals surface area contributed by atoms with Crippen molar-refractivity contribution < 1.29 is 108 Å². The number of alkyl halides is 9. The smallest absolute Gasteiger partial charge is 0.390 e. The second-order valence-electron chi connectivity index (χ2n) is 23.5. The zero-order valence-corrected chi connectivity index (χ0v) is 59.8. The molecular formula is C57H57Cl3F9N15O15S6. The van der Waals surface area contributed by atoms with Crippen molar-refractivity contribution in [3.05, 3.63) is 125 Å². The first-order valence-electron chi connectivity index (χ1n) is 30.0. The van der Waals surface area contributed by atoms with Crippen molar-refractivity contribution in [3.63, 3.8) is 0 Å². The van der Waals surface area contributed by atoms with Gasteiger partial charge in [0.25, 0.3) is 0 Å². The number of nitrogens with two attached hydrogens (primary N) is 3. The summed E-state index contributed by atoms with van der Waals surface area (Å²) in [6.45, 7) is -1.26. The number of nitrogens with zero attached hydrogens (tertiary/aromatic N) is 9. The maximum absolute atomic E-state index is 12.8. The highest BCUT2D eigenvalue weighted by molar-refractivity contribution is 8.00. The fraction of sp³-hybridized carbons (Fsp3) is 0.368. The van der Waals surface area contributed by atoms with E-state index in [1.165, 1.54) is 92.8 Å². The summed E-state index contributed by atoms with van der Waals surface area (Å²) < 4.78 is 199. The molecule has 3 fully saturated rings. The summed E-state index contributed by atoms with van der Waals surface area (Å²) in [6, 6.07) is 19.7. The Morgan fingerprint density at radius 3 is 1.27 bits per heavy atom. The molecule has 0 unspecified atom stereocenters. The molecule has 0 aliphatic heterocycles. The first-order valence-corrected chi connectivity index (χ1v) is 38.0. The van der Waals surface area contributed by atoms with Crippen LogP contribution < -0.4 is 31.4 Å². The number of rotatable bonds is 21. The number of hydrogen-bond donors (Lipinski definition) is 12. The van der Waals surface area contributed by atoms with E-state index in [1.54, 1.807) is 30.3 Å². The Labute approximate surface area is 615 Å². The first kappa shape index (κ1) is 81.1. The lowest BCUT2D eigenvalue weighted by molar-refractivity contribution is -0.0337. The van der Waals surface area contributed by atoms with Crippen molar-refractivity contribution >= 4 is 135 Å². The van der Waals surface area contributed by atoms with Crippen LogP contribution in [0.2, 0.25) is 15.1 Å². The van der Waals surface area contributed by atoms with Gasteiger partial charge in [-0.3, -0.25) is 12.5 Å². The summed E-state index contributed by atoms with van der Waals surface area (Å²) in [7, 11) is -12.7. The zero-order chi connectivity index (χ0) is 76.6. The molecule has 0 spiro atoms. The molecule has 570 valence electrons. The van der Waals surface area contributed by atoms with Gasteiger partial charge in [-0.15, -0.1) is 0 Å². The van der Waals surface area contributed by atoms with E-state index in [4.69, 9.17) is 50.2 Å². The van der Waals surface area contributed by atoms with E-state index in [0.29, 0.717) is 45.2 Å². The lowest BCUT2D eigenvalue weighted by Crippen LogP contribution is -2.36. The predicted octanol–water partition coefficient (Wildman–Crippen LogP) is 7.21. The van der Waals surface area contributed by atoms with Gasteiger partial charge in [0.2, 0.25) is 0 Å². The lowest BCUT2D eigenvalue weighted by atomic mass is 10.1. The van der Waals surface area contributed by atoms with Gasteiger partial charge < -0.3 is 46.6 Å². The van der Waals surface area contributed by atoms with Crippen LogP contribution in [-0.4, -0.2) is 191 Å². The summed E-state index contributed by atoms with van der Waals surface area (Å²) in [5, 5.41) is 99.1. The molecule has 0 amide bonds. The second kappa shape index (κ2) is 32.4. The molecule has 0 saturated heterocycles. The van der Waals surface area contributed by atoms with Crippen LogP contribution in [-0.2, 0) is 43.5 Å². The normalized spacial score (nSPS) is 23.2.